The van der Waals surface area contributed by atoms with E-state index in [9.17, 15) is 13.2 Å². The first-order chi connectivity index (χ1) is 15.1. The Kier molecular flexibility index (Phi) is 7.98. The third kappa shape index (κ3) is 6.32. The summed E-state index contributed by atoms with van der Waals surface area (Å²) >= 11 is 6.20. The maximum Gasteiger partial charge on any atom is 0.242 e. The minimum Gasteiger partial charge on any atom is -0.325 e. The van der Waals surface area contributed by atoms with Gasteiger partial charge in [0.15, 0.2) is 0 Å². The van der Waals surface area contributed by atoms with E-state index in [-0.39, 0.29) is 10.8 Å². The third-order valence-corrected chi connectivity index (χ3v) is 7.85. The number of hydrogen-bond acceptors (Lipinski definition) is 4. The van der Waals surface area contributed by atoms with E-state index >= 15 is 0 Å². The summed E-state index contributed by atoms with van der Waals surface area (Å²) in [5, 5.41) is 3.09. The molecular formula is C24H32ClN3O3S. The van der Waals surface area contributed by atoms with Crippen molar-refractivity contribution in [3.63, 3.8) is 0 Å². The van der Waals surface area contributed by atoms with E-state index in [2.05, 4.69) is 48.3 Å². The second-order valence-corrected chi connectivity index (χ2v) is 11.4. The van der Waals surface area contributed by atoms with Gasteiger partial charge in [-0.15, -0.1) is 0 Å². The Morgan fingerprint density at radius 2 is 1.78 bits per heavy atom. The highest BCUT2D eigenvalue weighted by molar-refractivity contribution is 7.89. The van der Waals surface area contributed by atoms with Gasteiger partial charge in [-0.05, 0) is 48.1 Å². The molecule has 1 aliphatic rings. The molecule has 0 aromatic heterocycles. The van der Waals surface area contributed by atoms with Gasteiger partial charge in [0.2, 0.25) is 15.9 Å². The molecule has 1 N–H and O–H groups in total. The van der Waals surface area contributed by atoms with Crippen LogP contribution in [0.2, 0.25) is 5.02 Å². The quantitative estimate of drug-likeness (QED) is 0.538. The summed E-state index contributed by atoms with van der Waals surface area (Å²) in [5.74, 6) is 0.317. The fourth-order valence-corrected chi connectivity index (χ4v) is 4.60. The van der Waals surface area contributed by atoms with Crippen LogP contribution in [0.25, 0.3) is 0 Å². The molecule has 0 heterocycles. The van der Waals surface area contributed by atoms with Crippen LogP contribution in [0, 0.1) is 0 Å². The molecule has 0 radical (unpaired) electrons. The number of carbonyl (C=O) groups is 1. The number of nitrogens with zero attached hydrogens (tertiary/aromatic N) is 2. The molecule has 8 heteroatoms. The smallest absolute Gasteiger partial charge is 0.242 e. The first kappa shape index (κ1) is 24.7. The van der Waals surface area contributed by atoms with Crippen LogP contribution in [0.3, 0.4) is 0 Å². The average Bonchev–Trinajstić information content (AvgIpc) is 3.58. The molecule has 32 heavy (non-hydrogen) atoms. The predicted octanol–water partition coefficient (Wildman–Crippen LogP) is 4.71. The van der Waals surface area contributed by atoms with E-state index in [1.165, 1.54) is 43.4 Å². The van der Waals surface area contributed by atoms with Gasteiger partial charge in [-0.2, -0.15) is 0 Å². The van der Waals surface area contributed by atoms with E-state index in [0.717, 1.165) is 23.7 Å². The second-order valence-electron chi connectivity index (χ2n) is 8.83. The summed E-state index contributed by atoms with van der Waals surface area (Å²) < 4.78 is 25.9. The lowest BCUT2D eigenvalue weighted by molar-refractivity contribution is -0.116. The van der Waals surface area contributed by atoms with Gasteiger partial charge in [0.1, 0.15) is 0 Å². The highest BCUT2D eigenvalue weighted by Crippen LogP contribution is 2.29. The standard InChI is InChI=1S/C24H32ClN3O3S/c1-17(2)19-7-5-18(6-8-19)16-28(20-9-10-20)14-13-24(29)26-23-15-21(11-12-22(23)25)32(30,31)27(3)4/h5-8,11-12,15,17,20H,9-10,13-14,16H2,1-4H3,(H,26,29). The van der Waals surface area contributed by atoms with E-state index in [0.29, 0.717) is 35.6 Å². The number of rotatable bonds is 10. The predicted molar refractivity (Wildman–Crippen MR) is 130 cm³/mol. The van der Waals surface area contributed by atoms with Crippen molar-refractivity contribution in [2.75, 3.05) is 26.0 Å². The van der Waals surface area contributed by atoms with Crippen molar-refractivity contribution < 1.29 is 13.2 Å². The van der Waals surface area contributed by atoms with Gasteiger partial charge >= 0.3 is 0 Å². The summed E-state index contributed by atoms with van der Waals surface area (Å²) in [5.41, 5.74) is 2.87. The number of nitrogens with one attached hydrogen (secondary N) is 1. The van der Waals surface area contributed by atoms with Crippen LogP contribution < -0.4 is 5.32 Å². The fourth-order valence-electron chi connectivity index (χ4n) is 3.50. The number of sulfonamides is 1. The Morgan fingerprint density at radius 1 is 1.12 bits per heavy atom. The molecule has 174 valence electrons. The fraction of sp³-hybridized carbons (Fsp3) is 0.458. The Bertz CT molecular complexity index is 1050. The van der Waals surface area contributed by atoms with Crippen LogP contribution in [-0.4, -0.2) is 50.2 Å². The van der Waals surface area contributed by atoms with Crippen molar-refractivity contribution in [3.05, 3.63) is 58.6 Å². The molecule has 0 bridgehead atoms. The number of amides is 1. The van der Waals surface area contributed by atoms with Gasteiger partial charge in [0.25, 0.3) is 0 Å². The van der Waals surface area contributed by atoms with Crippen molar-refractivity contribution in [2.24, 2.45) is 0 Å². The maximum atomic E-state index is 12.6. The molecule has 2 aromatic carbocycles. The minimum atomic E-state index is -3.61. The molecule has 2 aromatic rings. The van der Waals surface area contributed by atoms with Crippen LogP contribution in [0.15, 0.2) is 47.4 Å². The normalized spacial score (nSPS) is 14.4. The molecule has 0 spiro atoms. The highest BCUT2D eigenvalue weighted by atomic mass is 35.5. The van der Waals surface area contributed by atoms with E-state index in [4.69, 9.17) is 11.6 Å². The van der Waals surface area contributed by atoms with E-state index in [1.807, 2.05) is 0 Å². The van der Waals surface area contributed by atoms with Crippen molar-refractivity contribution >= 4 is 33.2 Å². The van der Waals surface area contributed by atoms with Crippen molar-refractivity contribution in [2.45, 2.75) is 56.5 Å². The zero-order valence-electron chi connectivity index (χ0n) is 19.1. The molecule has 0 unspecified atom stereocenters. The summed E-state index contributed by atoms with van der Waals surface area (Å²) in [6.45, 7) is 5.81. The topological polar surface area (TPSA) is 69.7 Å². The molecular weight excluding hydrogens is 446 g/mol. The average molecular weight is 478 g/mol. The molecule has 1 aliphatic carbocycles. The van der Waals surface area contributed by atoms with Crippen molar-refractivity contribution in [1.82, 2.24) is 9.21 Å². The van der Waals surface area contributed by atoms with Gasteiger partial charge in [0.05, 0.1) is 15.6 Å². The number of carbonyl (C=O) groups excluding carboxylic acids is 1. The SMILES string of the molecule is CC(C)c1ccc(CN(CCC(=O)Nc2cc(S(=O)(=O)N(C)C)ccc2Cl)C2CC2)cc1. The first-order valence-electron chi connectivity index (χ1n) is 10.9. The monoisotopic (exact) mass is 477 g/mol. The Hall–Kier alpha value is -1.93. The van der Waals surface area contributed by atoms with Crippen LogP contribution in [0.4, 0.5) is 5.69 Å². The van der Waals surface area contributed by atoms with Gasteiger partial charge < -0.3 is 5.32 Å². The van der Waals surface area contributed by atoms with Crippen LogP contribution >= 0.6 is 11.6 Å². The number of anilines is 1. The van der Waals surface area contributed by atoms with E-state index < -0.39 is 10.0 Å². The van der Waals surface area contributed by atoms with Crippen molar-refractivity contribution in [1.29, 1.82) is 0 Å². The lowest BCUT2D eigenvalue weighted by atomic mass is 10.0. The Morgan fingerprint density at radius 3 is 2.34 bits per heavy atom. The number of benzene rings is 2. The molecule has 0 atom stereocenters. The van der Waals surface area contributed by atoms with Crippen LogP contribution in [-0.2, 0) is 21.4 Å². The molecule has 1 fully saturated rings. The molecule has 3 rings (SSSR count). The lowest BCUT2D eigenvalue weighted by Crippen LogP contribution is -2.29. The number of hydrogen-bond donors (Lipinski definition) is 1. The third-order valence-electron chi connectivity index (χ3n) is 5.71. The molecule has 1 saturated carbocycles. The Balaban J connectivity index is 1.62. The summed E-state index contributed by atoms with van der Waals surface area (Å²) in [7, 11) is -0.682. The van der Waals surface area contributed by atoms with Gasteiger partial charge in [-0.25, -0.2) is 12.7 Å². The summed E-state index contributed by atoms with van der Waals surface area (Å²) in [6.07, 6.45) is 2.62. The van der Waals surface area contributed by atoms with Gasteiger partial charge in [-0.3, -0.25) is 9.69 Å². The Labute approximate surface area is 196 Å². The first-order valence-corrected chi connectivity index (χ1v) is 12.7. The number of halogens is 1. The molecule has 0 aliphatic heterocycles. The summed E-state index contributed by atoms with van der Waals surface area (Å²) in [6, 6.07) is 13.5. The summed E-state index contributed by atoms with van der Waals surface area (Å²) in [4.78, 5) is 15.1. The van der Waals surface area contributed by atoms with Gasteiger partial charge in [-0.1, -0.05) is 49.7 Å². The minimum absolute atomic E-state index is 0.0895. The van der Waals surface area contributed by atoms with E-state index in [1.54, 1.807) is 0 Å². The van der Waals surface area contributed by atoms with Crippen molar-refractivity contribution in [3.8, 4) is 0 Å². The lowest BCUT2D eigenvalue weighted by Gasteiger charge is -2.22. The molecule has 0 saturated heterocycles. The van der Waals surface area contributed by atoms with Gasteiger partial charge in [0, 0.05) is 39.6 Å². The molecule has 1 amide bonds. The zero-order chi connectivity index (χ0) is 23.5. The zero-order valence-corrected chi connectivity index (χ0v) is 20.7. The molecule has 6 nitrogen and oxygen atoms in total. The van der Waals surface area contributed by atoms with Crippen LogP contribution in [0.1, 0.15) is 50.2 Å². The maximum absolute atomic E-state index is 12.6. The largest absolute Gasteiger partial charge is 0.325 e. The highest BCUT2D eigenvalue weighted by Gasteiger charge is 2.29. The second kappa shape index (κ2) is 10.3. The van der Waals surface area contributed by atoms with Crippen LogP contribution in [0.5, 0.6) is 0 Å².